The molecule has 0 bridgehead atoms. The van der Waals surface area contributed by atoms with Gasteiger partial charge in [0.15, 0.2) is 0 Å². The number of fused-ring (bicyclic) bond motifs is 1. The number of hydrogen-bond acceptors (Lipinski definition) is 8. The molecule has 0 radical (unpaired) electrons. The summed E-state index contributed by atoms with van der Waals surface area (Å²) < 4.78 is 42.4. The van der Waals surface area contributed by atoms with E-state index in [4.69, 9.17) is 9.26 Å². The fourth-order valence-electron chi connectivity index (χ4n) is 6.11. The number of aromatic nitrogens is 3. The number of hydrogen-bond donors (Lipinski definition) is 1. The van der Waals surface area contributed by atoms with Gasteiger partial charge in [0.05, 0.1) is 34.3 Å². The average Bonchev–Trinajstić information content (AvgIpc) is 3.63. The summed E-state index contributed by atoms with van der Waals surface area (Å²) in [6.07, 6.45) is 0.724. The number of ether oxygens (including phenoxy) is 1. The molecule has 1 amide bonds. The second-order valence-electron chi connectivity index (χ2n) is 12.6. The Bertz CT molecular complexity index is 2150. The molecule has 0 saturated carbocycles. The molecule has 3 heterocycles. The fraction of sp³-hybridized carbons (Fsp3) is 0.314. The highest BCUT2D eigenvalue weighted by molar-refractivity contribution is 7.92. The number of anilines is 1. The summed E-state index contributed by atoms with van der Waals surface area (Å²) in [5.41, 5.74) is 5.31. The summed E-state index contributed by atoms with van der Waals surface area (Å²) in [4.78, 5) is 32.6. The van der Waals surface area contributed by atoms with Crippen molar-refractivity contribution in [1.82, 2.24) is 19.6 Å². The standard InChI is InChI=1S/C35H37N5O6S/c1-21-22(2)37-46-32(21)38-47(43,44)30-13-8-7-10-27(30)26-15-14-24(18-25(26)20-39-17-16-35(4,5)34(39)42)19-40-23(3)36-29-12-9-11-28(31(29)40)33(41)45-6/h7-15,18,38H,16-17,19-20H2,1-6H3. The lowest BCUT2D eigenvalue weighted by atomic mass is 9.92. The monoisotopic (exact) mass is 655 g/mol. The molecule has 2 aromatic heterocycles. The summed E-state index contributed by atoms with van der Waals surface area (Å²) >= 11 is 0. The predicted molar refractivity (Wildman–Crippen MR) is 177 cm³/mol. The van der Waals surface area contributed by atoms with Crippen LogP contribution in [0.2, 0.25) is 0 Å². The Hall–Kier alpha value is -4.97. The summed E-state index contributed by atoms with van der Waals surface area (Å²) in [5.74, 6) is 0.378. The number of methoxy groups -OCH3 is 1. The highest BCUT2D eigenvalue weighted by Crippen LogP contribution is 2.36. The van der Waals surface area contributed by atoms with E-state index in [1.165, 1.54) is 7.11 Å². The summed E-state index contributed by atoms with van der Waals surface area (Å²) in [6.45, 7) is 10.5. The van der Waals surface area contributed by atoms with Crippen LogP contribution in [0.15, 0.2) is 70.1 Å². The first-order valence-electron chi connectivity index (χ1n) is 15.3. The van der Waals surface area contributed by atoms with Crippen LogP contribution in [0.5, 0.6) is 0 Å². The van der Waals surface area contributed by atoms with Crippen molar-refractivity contribution < 1.29 is 27.3 Å². The molecule has 0 unspecified atom stereocenters. The van der Waals surface area contributed by atoms with Crippen molar-refractivity contribution >= 4 is 38.8 Å². The SMILES string of the molecule is COC(=O)c1cccc2nc(C)n(Cc3ccc(-c4ccccc4S(=O)(=O)Nc4onc(C)c4C)c(CN4CCC(C)(C)C4=O)c3)c12. The molecule has 0 atom stereocenters. The summed E-state index contributed by atoms with van der Waals surface area (Å²) in [7, 11) is -2.74. The number of rotatable bonds is 9. The number of sulfonamides is 1. The Morgan fingerprint density at radius 1 is 1.02 bits per heavy atom. The Morgan fingerprint density at radius 2 is 1.79 bits per heavy atom. The van der Waals surface area contributed by atoms with Crippen molar-refractivity contribution in [3.63, 3.8) is 0 Å². The molecule has 1 fully saturated rings. The van der Waals surface area contributed by atoms with Gasteiger partial charge in [-0.1, -0.05) is 61.5 Å². The Balaban J connectivity index is 1.46. The van der Waals surface area contributed by atoms with E-state index in [9.17, 15) is 18.0 Å². The number of benzene rings is 3. The summed E-state index contributed by atoms with van der Waals surface area (Å²) in [5, 5.41) is 3.88. The van der Waals surface area contributed by atoms with Crippen molar-refractivity contribution in [2.75, 3.05) is 18.4 Å². The van der Waals surface area contributed by atoms with E-state index in [1.807, 2.05) is 54.5 Å². The highest BCUT2D eigenvalue weighted by Gasteiger charge is 2.38. The lowest BCUT2D eigenvalue weighted by molar-refractivity contribution is -0.135. The number of esters is 1. The first-order chi connectivity index (χ1) is 22.3. The van der Waals surface area contributed by atoms with Gasteiger partial charge in [-0.3, -0.25) is 4.79 Å². The maximum Gasteiger partial charge on any atom is 0.340 e. The van der Waals surface area contributed by atoms with Gasteiger partial charge in [0.1, 0.15) is 5.82 Å². The second kappa shape index (κ2) is 12.0. The largest absolute Gasteiger partial charge is 0.465 e. The second-order valence-corrected chi connectivity index (χ2v) is 14.2. The van der Waals surface area contributed by atoms with E-state index in [0.717, 1.165) is 23.4 Å². The molecule has 47 heavy (non-hydrogen) atoms. The van der Waals surface area contributed by atoms with Crippen LogP contribution in [0.1, 0.15) is 58.8 Å². The van der Waals surface area contributed by atoms with E-state index in [-0.39, 0.29) is 16.7 Å². The molecule has 6 rings (SSSR count). The van der Waals surface area contributed by atoms with E-state index >= 15 is 0 Å². The molecule has 0 spiro atoms. The van der Waals surface area contributed by atoms with Crippen molar-refractivity contribution in [3.05, 3.63) is 94.4 Å². The Morgan fingerprint density at radius 3 is 2.47 bits per heavy atom. The number of carbonyl (C=O) groups is 2. The highest BCUT2D eigenvalue weighted by atomic mass is 32.2. The lowest BCUT2D eigenvalue weighted by Gasteiger charge is -2.23. The molecule has 1 saturated heterocycles. The number of amides is 1. The number of likely N-dealkylation sites (tertiary alicyclic amines) is 1. The van der Waals surface area contributed by atoms with Crippen LogP contribution in [0.25, 0.3) is 22.2 Å². The maximum atomic E-state index is 13.8. The van der Waals surface area contributed by atoms with Crippen LogP contribution in [0.4, 0.5) is 5.88 Å². The molecule has 5 aromatic rings. The number of nitrogens with one attached hydrogen (secondary N) is 1. The van der Waals surface area contributed by atoms with Crippen molar-refractivity contribution in [1.29, 1.82) is 0 Å². The predicted octanol–water partition coefficient (Wildman–Crippen LogP) is 6.01. The van der Waals surface area contributed by atoms with Crippen molar-refractivity contribution in [2.24, 2.45) is 5.41 Å². The van der Waals surface area contributed by atoms with Crippen LogP contribution in [0.3, 0.4) is 0 Å². The summed E-state index contributed by atoms with van der Waals surface area (Å²) in [6, 6.07) is 17.9. The average molecular weight is 656 g/mol. The normalized spacial score (nSPS) is 14.6. The molecule has 3 aromatic carbocycles. The third-order valence-electron chi connectivity index (χ3n) is 8.96. The molecule has 244 valence electrons. The van der Waals surface area contributed by atoms with Crippen LogP contribution in [-0.4, -0.2) is 53.6 Å². The number of nitrogens with zero attached hydrogens (tertiary/aromatic N) is 4. The van der Waals surface area contributed by atoms with Gasteiger partial charge >= 0.3 is 5.97 Å². The minimum atomic E-state index is -4.09. The van der Waals surface area contributed by atoms with Gasteiger partial charge in [0.2, 0.25) is 11.8 Å². The third kappa shape index (κ3) is 5.89. The first-order valence-corrected chi connectivity index (χ1v) is 16.8. The van der Waals surface area contributed by atoms with Gasteiger partial charge in [-0.05, 0) is 62.1 Å². The minimum Gasteiger partial charge on any atom is -0.465 e. The molecular formula is C35H37N5O6S. The van der Waals surface area contributed by atoms with Crippen LogP contribution in [0, 0.1) is 26.2 Å². The van der Waals surface area contributed by atoms with E-state index < -0.39 is 21.4 Å². The molecule has 1 N–H and O–H groups in total. The van der Waals surface area contributed by atoms with Crippen molar-refractivity contribution in [2.45, 2.75) is 59.0 Å². The van der Waals surface area contributed by atoms with Gasteiger partial charge in [0.25, 0.3) is 10.0 Å². The Kier molecular flexibility index (Phi) is 8.17. The molecular weight excluding hydrogens is 618 g/mol. The van der Waals surface area contributed by atoms with E-state index in [1.54, 1.807) is 50.2 Å². The molecule has 11 nitrogen and oxygen atoms in total. The van der Waals surface area contributed by atoms with Crippen LogP contribution in [-0.2, 0) is 32.6 Å². The van der Waals surface area contributed by atoms with Gasteiger partial charge < -0.3 is 18.7 Å². The third-order valence-corrected chi connectivity index (χ3v) is 10.3. The van der Waals surface area contributed by atoms with Gasteiger partial charge in [-0.25, -0.2) is 22.9 Å². The van der Waals surface area contributed by atoms with Crippen LogP contribution >= 0.6 is 0 Å². The molecule has 0 aliphatic carbocycles. The number of imidazole rings is 1. The molecule has 1 aliphatic rings. The van der Waals surface area contributed by atoms with Crippen LogP contribution < -0.4 is 4.72 Å². The van der Waals surface area contributed by atoms with Gasteiger partial charge in [-0.2, -0.15) is 0 Å². The topological polar surface area (TPSA) is 137 Å². The molecule has 1 aliphatic heterocycles. The van der Waals surface area contributed by atoms with Gasteiger partial charge in [0, 0.05) is 36.2 Å². The minimum absolute atomic E-state index is 0.0479. The van der Waals surface area contributed by atoms with E-state index in [2.05, 4.69) is 14.9 Å². The fourth-order valence-corrected chi connectivity index (χ4v) is 7.38. The van der Waals surface area contributed by atoms with Gasteiger partial charge in [-0.15, -0.1) is 0 Å². The number of aryl methyl sites for hydroxylation is 2. The lowest BCUT2D eigenvalue weighted by Crippen LogP contribution is -2.30. The number of para-hydroxylation sites is 1. The number of carbonyl (C=O) groups excluding carboxylic acids is 2. The Labute approximate surface area is 273 Å². The molecule has 12 heteroatoms. The quantitative estimate of drug-likeness (QED) is 0.191. The van der Waals surface area contributed by atoms with Crippen molar-refractivity contribution in [3.8, 4) is 11.1 Å². The maximum absolute atomic E-state index is 13.8. The first kappa shape index (κ1) is 32.0. The zero-order valence-electron chi connectivity index (χ0n) is 27.2. The zero-order chi connectivity index (χ0) is 33.7. The zero-order valence-corrected chi connectivity index (χ0v) is 28.1. The smallest absolute Gasteiger partial charge is 0.340 e. The van der Waals surface area contributed by atoms with E-state index in [0.29, 0.717) is 58.6 Å².